The Balaban J connectivity index is 3.13. The van der Waals surface area contributed by atoms with Crippen molar-refractivity contribution in [1.82, 2.24) is 4.90 Å². The Morgan fingerprint density at radius 3 is 2.40 bits per heavy atom. The van der Waals surface area contributed by atoms with E-state index in [1.165, 1.54) is 29.2 Å². The van der Waals surface area contributed by atoms with Crippen molar-refractivity contribution in [2.45, 2.75) is 38.6 Å². The molecular weight excluding hydrogens is 327 g/mol. The normalized spacial score (nSPS) is 13.4. The Kier molecular flexibility index (Phi) is 7.29. The zero-order valence-corrected chi connectivity index (χ0v) is 14.4. The van der Waals surface area contributed by atoms with Gasteiger partial charge < -0.3 is 15.7 Å². The molecule has 25 heavy (non-hydrogen) atoms. The van der Waals surface area contributed by atoms with Gasteiger partial charge in [0.2, 0.25) is 11.8 Å². The number of nitrogens with two attached hydrogens (primary N) is 1. The lowest BCUT2D eigenvalue weighted by Crippen LogP contribution is -2.56. The fourth-order valence-corrected chi connectivity index (χ4v) is 2.74. The van der Waals surface area contributed by atoms with Gasteiger partial charge in [-0.05, 0) is 31.9 Å². The van der Waals surface area contributed by atoms with E-state index in [0.717, 1.165) is 6.08 Å². The van der Waals surface area contributed by atoms with Crippen molar-refractivity contribution in [3.8, 4) is 0 Å². The quantitative estimate of drug-likeness (QED) is 0.667. The molecule has 7 heteroatoms. The van der Waals surface area contributed by atoms with E-state index in [1.807, 2.05) is 0 Å². The van der Waals surface area contributed by atoms with Gasteiger partial charge in [0, 0.05) is 24.6 Å². The Hall–Kier alpha value is -2.70. The molecule has 0 saturated carbocycles. The third-order valence-electron chi connectivity index (χ3n) is 4.18. The van der Waals surface area contributed by atoms with Crippen LogP contribution >= 0.6 is 0 Å². The maximum absolute atomic E-state index is 13.6. The fraction of sp³-hybridized carbons (Fsp3) is 0.389. The molecule has 0 spiro atoms. The first-order valence-electron chi connectivity index (χ1n) is 8.04. The van der Waals surface area contributed by atoms with Gasteiger partial charge in [0.05, 0.1) is 0 Å². The summed E-state index contributed by atoms with van der Waals surface area (Å²) in [6.07, 6.45) is 2.32. The predicted octanol–water partition coefficient (Wildman–Crippen LogP) is 2.19. The van der Waals surface area contributed by atoms with Gasteiger partial charge in [-0.25, -0.2) is 9.18 Å². The average molecular weight is 350 g/mol. The molecule has 0 aliphatic heterocycles. The van der Waals surface area contributed by atoms with E-state index in [4.69, 9.17) is 5.73 Å². The molecular formula is C18H23FN2O4. The molecule has 0 fully saturated rings. The second kappa shape index (κ2) is 8.96. The van der Waals surface area contributed by atoms with Crippen LogP contribution in [0.3, 0.4) is 0 Å². The van der Waals surface area contributed by atoms with Crippen molar-refractivity contribution >= 4 is 23.9 Å². The standard InChI is InChI=1S/C18H23FN2O4/c1-3-18(17(24)25,12-11-15(20)22)21(4-2)16(23)10-9-13-7-5-6-8-14(13)19/h5-10H,3-4,11-12H2,1-2H3,(H2,20,22)(H,24,25)/t18-/m0/s1. The molecule has 136 valence electrons. The van der Waals surface area contributed by atoms with Crippen molar-refractivity contribution < 1.29 is 23.9 Å². The van der Waals surface area contributed by atoms with E-state index in [-0.39, 0.29) is 31.4 Å². The molecule has 3 N–H and O–H groups in total. The number of likely N-dealkylation sites (N-methyl/N-ethyl adjacent to an activating group) is 1. The Morgan fingerprint density at radius 1 is 1.28 bits per heavy atom. The molecule has 1 atom stereocenters. The summed E-state index contributed by atoms with van der Waals surface area (Å²) in [5.41, 5.74) is 3.81. The van der Waals surface area contributed by atoms with Crippen LogP contribution in [-0.2, 0) is 14.4 Å². The zero-order valence-electron chi connectivity index (χ0n) is 14.4. The molecule has 0 unspecified atom stereocenters. The van der Waals surface area contributed by atoms with Crippen molar-refractivity contribution in [1.29, 1.82) is 0 Å². The number of aliphatic carboxylic acids is 1. The number of primary amides is 1. The summed E-state index contributed by atoms with van der Waals surface area (Å²) in [5, 5.41) is 9.69. The lowest BCUT2D eigenvalue weighted by molar-refractivity contribution is -0.158. The van der Waals surface area contributed by atoms with E-state index in [2.05, 4.69) is 0 Å². The number of halogens is 1. The summed E-state index contributed by atoms with van der Waals surface area (Å²) in [4.78, 5) is 36.7. The molecule has 1 rings (SSSR count). The van der Waals surface area contributed by atoms with Crippen molar-refractivity contribution in [2.24, 2.45) is 5.73 Å². The van der Waals surface area contributed by atoms with Crippen molar-refractivity contribution in [3.05, 3.63) is 41.7 Å². The third kappa shape index (κ3) is 4.89. The number of nitrogens with zero attached hydrogens (tertiary/aromatic N) is 1. The van der Waals surface area contributed by atoms with Gasteiger partial charge in [-0.2, -0.15) is 0 Å². The summed E-state index contributed by atoms with van der Waals surface area (Å²) in [7, 11) is 0. The van der Waals surface area contributed by atoms with Crippen LogP contribution in [0.1, 0.15) is 38.7 Å². The van der Waals surface area contributed by atoms with Gasteiger partial charge in [-0.1, -0.05) is 25.1 Å². The summed E-state index contributed by atoms with van der Waals surface area (Å²) in [5.74, 6) is -2.89. The largest absolute Gasteiger partial charge is 0.479 e. The maximum Gasteiger partial charge on any atom is 0.329 e. The van der Waals surface area contributed by atoms with E-state index in [0.29, 0.717) is 0 Å². The number of amides is 2. The van der Waals surface area contributed by atoms with Crippen LogP contribution in [0.5, 0.6) is 0 Å². The number of rotatable bonds is 9. The van der Waals surface area contributed by atoms with Crippen LogP contribution in [0.15, 0.2) is 30.3 Å². The summed E-state index contributed by atoms with van der Waals surface area (Å²) in [6.45, 7) is 3.40. The first-order valence-corrected chi connectivity index (χ1v) is 8.04. The number of hydrogen-bond donors (Lipinski definition) is 2. The lowest BCUT2D eigenvalue weighted by Gasteiger charge is -2.39. The second-order valence-electron chi connectivity index (χ2n) is 5.59. The van der Waals surface area contributed by atoms with Crippen molar-refractivity contribution in [2.75, 3.05) is 6.54 Å². The van der Waals surface area contributed by atoms with Gasteiger partial charge in [-0.3, -0.25) is 9.59 Å². The summed E-state index contributed by atoms with van der Waals surface area (Å²) < 4.78 is 13.6. The third-order valence-corrected chi connectivity index (χ3v) is 4.18. The summed E-state index contributed by atoms with van der Waals surface area (Å²) >= 11 is 0. The molecule has 1 aromatic carbocycles. The van der Waals surface area contributed by atoms with Crippen LogP contribution in [0.4, 0.5) is 4.39 Å². The molecule has 0 radical (unpaired) electrons. The highest BCUT2D eigenvalue weighted by Gasteiger charge is 2.43. The zero-order chi connectivity index (χ0) is 19.0. The molecule has 1 aromatic rings. The minimum Gasteiger partial charge on any atom is -0.479 e. The molecule has 0 bridgehead atoms. The smallest absolute Gasteiger partial charge is 0.329 e. The number of carboxylic acid groups (broad SMARTS) is 1. The molecule has 0 saturated heterocycles. The highest BCUT2D eigenvalue weighted by atomic mass is 19.1. The molecule has 0 aliphatic rings. The van der Waals surface area contributed by atoms with Crippen molar-refractivity contribution in [3.63, 3.8) is 0 Å². The average Bonchev–Trinajstić information content (AvgIpc) is 2.57. The van der Waals surface area contributed by atoms with Gasteiger partial charge in [0.15, 0.2) is 0 Å². The van der Waals surface area contributed by atoms with Crippen LogP contribution < -0.4 is 5.73 Å². The van der Waals surface area contributed by atoms with Crippen LogP contribution in [-0.4, -0.2) is 39.9 Å². The minimum atomic E-state index is -1.54. The van der Waals surface area contributed by atoms with Crippen LogP contribution in [0, 0.1) is 5.82 Å². The SMILES string of the molecule is CCN(C(=O)C=Cc1ccccc1F)[C@@](CC)(CCC(N)=O)C(=O)O. The number of carboxylic acids is 1. The Labute approximate surface area is 146 Å². The first-order chi connectivity index (χ1) is 11.8. The number of carbonyl (C=O) groups excluding carboxylic acids is 2. The topological polar surface area (TPSA) is 101 Å². The van der Waals surface area contributed by atoms with E-state index >= 15 is 0 Å². The Bertz CT molecular complexity index is 675. The highest BCUT2D eigenvalue weighted by molar-refractivity contribution is 5.96. The molecule has 6 nitrogen and oxygen atoms in total. The van der Waals surface area contributed by atoms with Gasteiger partial charge in [0.25, 0.3) is 0 Å². The lowest BCUT2D eigenvalue weighted by atomic mass is 9.87. The highest BCUT2D eigenvalue weighted by Crippen LogP contribution is 2.27. The first kappa shape index (κ1) is 20.3. The monoisotopic (exact) mass is 350 g/mol. The summed E-state index contributed by atoms with van der Waals surface area (Å²) in [6, 6.07) is 5.93. The van der Waals surface area contributed by atoms with Gasteiger partial charge in [0.1, 0.15) is 11.4 Å². The number of hydrogen-bond acceptors (Lipinski definition) is 3. The molecule has 2 amide bonds. The molecule has 0 heterocycles. The number of benzene rings is 1. The molecule has 0 aromatic heterocycles. The van der Waals surface area contributed by atoms with E-state index in [9.17, 15) is 23.9 Å². The van der Waals surface area contributed by atoms with Crippen LogP contribution in [0.25, 0.3) is 6.08 Å². The minimum absolute atomic E-state index is 0.0821. The Morgan fingerprint density at radius 2 is 1.92 bits per heavy atom. The second-order valence-corrected chi connectivity index (χ2v) is 5.59. The predicted molar refractivity (Wildman–Crippen MR) is 91.9 cm³/mol. The van der Waals surface area contributed by atoms with E-state index in [1.54, 1.807) is 19.9 Å². The van der Waals surface area contributed by atoms with E-state index < -0.39 is 29.1 Å². The van der Waals surface area contributed by atoms with Gasteiger partial charge in [-0.15, -0.1) is 0 Å². The van der Waals surface area contributed by atoms with Crippen LogP contribution in [0.2, 0.25) is 0 Å². The number of carbonyl (C=O) groups is 3. The maximum atomic E-state index is 13.6. The molecule has 0 aliphatic carbocycles. The fourth-order valence-electron chi connectivity index (χ4n) is 2.74. The van der Waals surface area contributed by atoms with Gasteiger partial charge >= 0.3 is 5.97 Å².